The van der Waals surface area contributed by atoms with Gasteiger partial charge in [0.15, 0.2) is 0 Å². The number of aryl methyl sites for hydroxylation is 1. The molecule has 0 aliphatic rings. The minimum atomic E-state index is 0.198. The highest BCUT2D eigenvalue weighted by Crippen LogP contribution is 2.15. The van der Waals surface area contributed by atoms with Gasteiger partial charge in [-0.2, -0.15) is 9.97 Å². The average Bonchev–Trinajstić information content (AvgIpc) is 2.86. The SMILES string of the molecule is CCc1csc(CCNc2cc(OC)nc(N)n2)n1. The molecule has 2 aromatic rings. The second-order valence-corrected chi connectivity index (χ2v) is 4.86. The molecule has 0 amide bonds. The second kappa shape index (κ2) is 6.33. The van der Waals surface area contributed by atoms with E-state index in [-0.39, 0.29) is 5.95 Å². The Morgan fingerprint density at radius 2 is 2.21 bits per heavy atom. The standard InChI is InChI=1S/C12H17N5OS/c1-3-8-7-19-11(15-8)4-5-14-9-6-10(18-2)17-12(13)16-9/h6-7H,3-5H2,1-2H3,(H3,13,14,16,17). The fraction of sp³-hybridized carbons (Fsp3) is 0.417. The first-order valence-electron chi connectivity index (χ1n) is 6.07. The van der Waals surface area contributed by atoms with Crippen molar-refractivity contribution in [3.05, 3.63) is 22.1 Å². The van der Waals surface area contributed by atoms with E-state index in [1.807, 2.05) is 0 Å². The molecule has 3 N–H and O–H groups in total. The Kier molecular flexibility index (Phi) is 4.51. The first-order chi connectivity index (χ1) is 9.21. The number of nitrogen functional groups attached to an aromatic ring is 1. The third-order valence-electron chi connectivity index (χ3n) is 2.54. The molecule has 2 aromatic heterocycles. The molecule has 2 rings (SSSR count). The van der Waals surface area contributed by atoms with Gasteiger partial charge in [0.1, 0.15) is 5.82 Å². The molecule has 102 valence electrons. The highest BCUT2D eigenvalue weighted by molar-refractivity contribution is 7.09. The largest absolute Gasteiger partial charge is 0.481 e. The van der Waals surface area contributed by atoms with Gasteiger partial charge < -0.3 is 15.8 Å². The minimum Gasteiger partial charge on any atom is -0.481 e. The predicted molar refractivity (Wildman–Crippen MR) is 76.7 cm³/mol. The third kappa shape index (κ3) is 3.78. The number of hydrogen-bond acceptors (Lipinski definition) is 7. The van der Waals surface area contributed by atoms with Gasteiger partial charge in [0, 0.05) is 24.4 Å². The van der Waals surface area contributed by atoms with Crippen molar-refractivity contribution in [2.75, 3.05) is 24.7 Å². The smallest absolute Gasteiger partial charge is 0.225 e. The normalized spacial score (nSPS) is 10.4. The van der Waals surface area contributed by atoms with Crippen LogP contribution in [-0.2, 0) is 12.8 Å². The van der Waals surface area contributed by atoms with Crippen LogP contribution in [0.2, 0.25) is 0 Å². The lowest BCUT2D eigenvalue weighted by Gasteiger charge is -2.06. The number of nitrogens with one attached hydrogen (secondary N) is 1. The zero-order valence-corrected chi connectivity index (χ0v) is 11.8. The van der Waals surface area contributed by atoms with Crippen molar-refractivity contribution in [3.63, 3.8) is 0 Å². The van der Waals surface area contributed by atoms with E-state index in [9.17, 15) is 0 Å². The summed E-state index contributed by atoms with van der Waals surface area (Å²) >= 11 is 1.69. The summed E-state index contributed by atoms with van der Waals surface area (Å²) in [6.45, 7) is 2.85. The molecule has 0 spiro atoms. The van der Waals surface area contributed by atoms with Crippen molar-refractivity contribution in [2.45, 2.75) is 19.8 Å². The molecule has 2 heterocycles. The Balaban J connectivity index is 1.90. The van der Waals surface area contributed by atoms with E-state index in [1.54, 1.807) is 24.5 Å². The lowest BCUT2D eigenvalue weighted by atomic mass is 10.4. The summed E-state index contributed by atoms with van der Waals surface area (Å²) in [5, 5.41) is 6.41. The Hall–Kier alpha value is -1.89. The molecule has 0 saturated carbocycles. The molecule has 0 aromatic carbocycles. The summed E-state index contributed by atoms with van der Waals surface area (Å²) in [6, 6.07) is 1.72. The molecule has 0 radical (unpaired) electrons. The number of hydrogen-bond donors (Lipinski definition) is 2. The van der Waals surface area contributed by atoms with E-state index < -0.39 is 0 Å². The molecule has 0 fully saturated rings. The number of ether oxygens (including phenoxy) is 1. The molecule has 0 atom stereocenters. The Morgan fingerprint density at radius 1 is 1.37 bits per heavy atom. The van der Waals surface area contributed by atoms with Gasteiger partial charge in [-0.15, -0.1) is 11.3 Å². The van der Waals surface area contributed by atoms with Crippen LogP contribution < -0.4 is 15.8 Å². The molecule has 7 heteroatoms. The van der Waals surface area contributed by atoms with Gasteiger partial charge in [-0.1, -0.05) is 6.92 Å². The number of anilines is 2. The number of nitrogens with two attached hydrogens (primary N) is 1. The molecule has 0 bridgehead atoms. The van der Waals surface area contributed by atoms with Crippen LogP contribution in [0.4, 0.5) is 11.8 Å². The number of aromatic nitrogens is 3. The summed E-state index contributed by atoms with van der Waals surface area (Å²) in [5.74, 6) is 1.32. The van der Waals surface area contributed by atoms with Gasteiger partial charge in [0.25, 0.3) is 0 Å². The van der Waals surface area contributed by atoms with E-state index >= 15 is 0 Å². The van der Waals surface area contributed by atoms with Crippen molar-refractivity contribution in [1.29, 1.82) is 0 Å². The maximum Gasteiger partial charge on any atom is 0.225 e. The lowest BCUT2D eigenvalue weighted by Crippen LogP contribution is -2.08. The molecule has 0 saturated heterocycles. The molecule has 0 aliphatic carbocycles. The third-order valence-corrected chi connectivity index (χ3v) is 3.49. The van der Waals surface area contributed by atoms with Crippen molar-refractivity contribution in [1.82, 2.24) is 15.0 Å². The van der Waals surface area contributed by atoms with Crippen molar-refractivity contribution >= 4 is 23.1 Å². The van der Waals surface area contributed by atoms with Crippen molar-refractivity contribution in [3.8, 4) is 5.88 Å². The van der Waals surface area contributed by atoms with Gasteiger partial charge in [-0.05, 0) is 6.42 Å². The predicted octanol–water partition coefficient (Wildman–Crippen LogP) is 1.74. The van der Waals surface area contributed by atoms with Crippen molar-refractivity contribution < 1.29 is 4.74 Å². The number of thiazole rings is 1. The van der Waals surface area contributed by atoms with E-state index in [2.05, 4.69) is 32.6 Å². The van der Waals surface area contributed by atoms with Crippen LogP contribution in [0, 0.1) is 0 Å². The van der Waals surface area contributed by atoms with Gasteiger partial charge in [-0.25, -0.2) is 4.98 Å². The fourth-order valence-electron chi connectivity index (χ4n) is 1.56. The van der Waals surface area contributed by atoms with E-state index in [0.717, 1.165) is 30.1 Å². The summed E-state index contributed by atoms with van der Waals surface area (Å²) in [5.41, 5.74) is 6.73. The monoisotopic (exact) mass is 279 g/mol. The Morgan fingerprint density at radius 3 is 2.89 bits per heavy atom. The Bertz CT molecular complexity index is 543. The minimum absolute atomic E-state index is 0.198. The fourth-order valence-corrected chi connectivity index (χ4v) is 2.44. The van der Waals surface area contributed by atoms with Crippen LogP contribution in [0.3, 0.4) is 0 Å². The molecule has 0 aliphatic heterocycles. The molecular weight excluding hydrogens is 262 g/mol. The van der Waals surface area contributed by atoms with Gasteiger partial charge in [-0.3, -0.25) is 0 Å². The highest BCUT2D eigenvalue weighted by atomic mass is 32.1. The van der Waals surface area contributed by atoms with Crippen LogP contribution in [0.15, 0.2) is 11.4 Å². The summed E-state index contributed by atoms with van der Waals surface area (Å²) < 4.78 is 5.04. The zero-order chi connectivity index (χ0) is 13.7. The van der Waals surface area contributed by atoms with E-state index in [0.29, 0.717) is 11.7 Å². The topological polar surface area (TPSA) is 86.0 Å². The second-order valence-electron chi connectivity index (χ2n) is 3.92. The highest BCUT2D eigenvalue weighted by Gasteiger charge is 2.03. The van der Waals surface area contributed by atoms with Crippen LogP contribution in [0.1, 0.15) is 17.6 Å². The first kappa shape index (κ1) is 13.5. The number of nitrogens with zero attached hydrogens (tertiary/aromatic N) is 3. The lowest BCUT2D eigenvalue weighted by molar-refractivity contribution is 0.398. The molecule has 19 heavy (non-hydrogen) atoms. The maximum absolute atomic E-state index is 5.59. The van der Waals surface area contributed by atoms with E-state index in [1.165, 1.54) is 0 Å². The first-order valence-corrected chi connectivity index (χ1v) is 6.95. The van der Waals surface area contributed by atoms with E-state index in [4.69, 9.17) is 10.5 Å². The van der Waals surface area contributed by atoms with Crippen molar-refractivity contribution in [2.24, 2.45) is 0 Å². The van der Waals surface area contributed by atoms with Gasteiger partial charge >= 0.3 is 0 Å². The quantitative estimate of drug-likeness (QED) is 0.837. The van der Waals surface area contributed by atoms with Gasteiger partial charge in [0.05, 0.1) is 17.8 Å². The van der Waals surface area contributed by atoms with Crippen LogP contribution in [0.25, 0.3) is 0 Å². The molecular formula is C12H17N5OS. The number of methoxy groups -OCH3 is 1. The molecule has 0 unspecified atom stereocenters. The number of rotatable bonds is 6. The van der Waals surface area contributed by atoms with Crippen LogP contribution in [-0.4, -0.2) is 28.6 Å². The molecule has 6 nitrogen and oxygen atoms in total. The summed E-state index contributed by atoms with van der Waals surface area (Å²) in [7, 11) is 1.55. The van der Waals surface area contributed by atoms with Gasteiger partial charge in [0.2, 0.25) is 11.8 Å². The average molecular weight is 279 g/mol. The summed E-state index contributed by atoms with van der Waals surface area (Å²) in [4.78, 5) is 12.5. The summed E-state index contributed by atoms with van der Waals surface area (Å²) in [6.07, 6.45) is 1.83. The zero-order valence-electron chi connectivity index (χ0n) is 11.0. The maximum atomic E-state index is 5.59. The Labute approximate surface area is 116 Å². The van der Waals surface area contributed by atoms with Crippen LogP contribution >= 0.6 is 11.3 Å². The van der Waals surface area contributed by atoms with Crippen LogP contribution in [0.5, 0.6) is 5.88 Å².